The Morgan fingerprint density at radius 3 is 2.13 bits per heavy atom. The van der Waals surface area contributed by atoms with Gasteiger partial charge in [0.1, 0.15) is 0 Å². The molecule has 114 valence electrons. The molecule has 2 aromatic carbocycles. The SMILES string of the molecule is O=C1c2ccccc2C(=O)c2c1ccc(O)c2O.c1c[nH]cn1. The molecule has 0 fully saturated rings. The molecule has 4 rings (SSSR count). The fraction of sp³-hybridized carbons (Fsp3) is 0. The van der Waals surface area contributed by atoms with Gasteiger partial charge in [0.15, 0.2) is 23.1 Å². The minimum atomic E-state index is -0.541. The number of aromatic nitrogens is 2. The van der Waals surface area contributed by atoms with Crippen LogP contribution in [0.15, 0.2) is 55.1 Å². The van der Waals surface area contributed by atoms with Crippen molar-refractivity contribution >= 4 is 11.6 Å². The molecule has 0 amide bonds. The number of benzene rings is 2. The van der Waals surface area contributed by atoms with Gasteiger partial charge in [0.25, 0.3) is 0 Å². The summed E-state index contributed by atoms with van der Waals surface area (Å²) >= 11 is 0. The number of phenolic OH excluding ortho intramolecular Hbond substituents is 2. The van der Waals surface area contributed by atoms with E-state index in [1.165, 1.54) is 18.2 Å². The van der Waals surface area contributed by atoms with Crippen LogP contribution in [0.4, 0.5) is 0 Å². The third-order valence-electron chi connectivity index (χ3n) is 3.45. The van der Waals surface area contributed by atoms with Gasteiger partial charge in [0.2, 0.25) is 0 Å². The van der Waals surface area contributed by atoms with Gasteiger partial charge in [-0.25, -0.2) is 4.98 Å². The fourth-order valence-electron chi connectivity index (χ4n) is 2.37. The second-order valence-corrected chi connectivity index (χ2v) is 4.82. The molecule has 0 radical (unpaired) electrons. The molecule has 0 aliphatic heterocycles. The van der Waals surface area contributed by atoms with Crippen LogP contribution in [0.3, 0.4) is 0 Å². The number of ketones is 2. The maximum atomic E-state index is 12.2. The van der Waals surface area contributed by atoms with E-state index in [1.54, 1.807) is 36.9 Å². The number of carbonyl (C=O) groups excluding carboxylic acids is 2. The zero-order valence-electron chi connectivity index (χ0n) is 11.9. The van der Waals surface area contributed by atoms with Crippen LogP contribution in [0.1, 0.15) is 31.8 Å². The molecule has 6 nitrogen and oxygen atoms in total. The zero-order valence-corrected chi connectivity index (χ0v) is 11.9. The maximum Gasteiger partial charge on any atom is 0.198 e. The van der Waals surface area contributed by atoms with Gasteiger partial charge < -0.3 is 15.2 Å². The summed E-state index contributed by atoms with van der Waals surface area (Å²) in [6.45, 7) is 0. The summed E-state index contributed by atoms with van der Waals surface area (Å²) in [6, 6.07) is 8.97. The van der Waals surface area contributed by atoms with E-state index < -0.39 is 17.3 Å². The lowest BCUT2D eigenvalue weighted by Crippen LogP contribution is -2.20. The maximum absolute atomic E-state index is 12.2. The molecule has 0 saturated carbocycles. The van der Waals surface area contributed by atoms with Crippen LogP contribution in [0.2, 0.25) is 0 Å². The van der Waals surface area contributed by atoms with Crippen LogP contribution in [0, 0.1) is 0 Å². The Kier molecular flexibility index (Phi) is 3.64. The number of aromatic hydroxyl groups is 2. The van der Waals surface area contributed by atoms with Gasteiger partial charge in [-0.1, -0.05) is 24.3 Å². The Morgan fingerprint density at radius 1 is 0.870 bits per heavy atom. The number of aromatic amines is 1. The van der Waals surface area contributed by atoms with Gasteiger partial charge in [-0.2, -0.15) is 0 Å². The summed E-state index contributed by atoms with van der Waals surface area (Å²) in [4.78, 5) is 30.8. The van der Waals surface area contributed by atoms with Crippen LogP contribution in [0.5, 0.6) is 11.5 Å². The van der Waals surface area contributed by atoms with E-state index in [-0.39, 0.29) is 22.5 Å². The molecule has 0 unspecified atom stereocenters. The fourth-order valence-corrected chi connectivity index (χ4v) is 2.37. The van der Waals surface area contributed by atoms with Gasteiger partial charge in [0, 0.05) is 29.1 Å². The minimum Gasteiger partial charge on any atom is -0.504 e. The average Bonchev–Trinajstić information content (AvgIpc) is 3.15. The lowest BCUT2D eigenvalue weighted by atomic mass is 9.83. The molecule has 6 heteroatoms. The highest BCUT2D eigenvalue weighted by atomic mass is 16.3. The third kappa shape index (κ3) is 2.46. The van der Waals surface area contributed by atoms with Gasteiger partial charge in [-0.15, -0.1) is 0 Å². The van der Waals surface area contributed by atoms with Crippen molar-refractivity contribution < 1.29 is 19.8 Å². The molecule has 1 aliphatic carbocycles. The Balaban J connectivity index is 0.000000267. The summed E-state index contributed by atoms with van der Waals surface area (Å²) < 4.78 is 0. The first-order chi connectivity index (χ1) is 11.1. The lowest BCUT2D eigenvalue weighted by Gasteiger charge is -2.18. The first-order valence-corrected chi connectivity index (χ1v) is 6.77. The minimum absolute atomic E-state index is 0.119. The van der Waals surface area contributed by atoms with E-state index in [2.05, 4.69) is 9.97 Å². The van der Waals surface area contributed by atoms with E-state index in [1.807, 2.05) is 0 Å². The molecule has 3 aromatic rings. The number of hydrogen-bond donors (Lipinski definition) is 3. The summed E-state index contributed by atoms with van der Waals surface area (Å²) in [5.74, 6) is -1.72. The number of fused-ring (bicyclic) bond motifs is 2. The zero-order chi connectivity index (χ0) is 16.4. The Labute approximate surface area is 131 Å². The third-order valence-corrected chi connectivity index (χ3v) is 3.45. The molecular formula is C17H12N2O4. The van der Waals surface area contributed by atoms with Crippen molar-refractivity contribution in [2.24, 2.45) is 0 Å². The summed E-state index contributed by atoms with van der Waals surface area (Å²) in [7, 11) is 0. The number of phenols is 2. The van der Waals surface area contributed by atoms with Crippen molar-refractivity contribution in [2.75, 3.05) is 0 Å². The molecule has 1 aromatic heterocycles. The number of hydrogen-bond acceptors (Lipinski definition) is 5. The van der Waals surface area contributed by atoms with E-state index in [0.29, 0.717) is 5.56 Å². The summed E-state index contributed by atoms with van der Waals surface area (Å²) in [5.41, 5.74) is 0.559. The van der Waals surface area contributed by atoms with Crippen molar-refractivity contribution in [2.45, 2.75) is 0 Å². The van der Waals surface area contributed by atoms with Crippen LogP contribution in [-0.4, -0.2) is 31.7 Å². The topological polar surface area (TPSA) is 103 Å². The Hall–Kier alpha value is -3.41. The number of H-pyrrole nitrogens is 1. The van der Waals surface area contributed by atoms with Crippen molar-refractivity contribution in [3.8, 4) is 11.5 Å². The largest absolute Gasteiger partial charge is 0.504 e. The highest BCUT2D eigenvalue weighted by Crippen LogP contribution is 2.37. The molecule has 0 spiro atoms. The molecule has 1 heterocycles. The van der Waals surface area contributed by atoms with E-state index in [4.69, 9.17) is 0 Å². The van der Waals surface area contributed by atoms with Gasteiger partial charge >= 0.3 is 0 Å². The number of rotatable bonds is 0. The second-order valence-electron chi connectivity index (χ2n) is 4.82. The van der Waals surface area contributed by atoms with Gasteiger partial charge in [-0.05, 0) is 12.1 Å². The first kappa shape index (κ1) is 14.5. The average molecular weight is 308 g/mol. The number of imidazole rings is 1. The van der Waals surface area contributed by atoms with Crippen LogP contribution in [0.25, 0.3) is 0 Å². The molecule has 0 bridgehead atoms. The molecule has 0 atom stereocenters. The first-order valence-electron chi connectivity index (χ1n) is 6.77. The smallest absolute Gasteiger partial charge is 0.198 e. The molecule has 3 N–H and O–H groups in total. The highest BCUT2D eigenvalue weighted by molar-refractivity contribution is 6.29. The number of nitrogens with one attached hydrogen (secondary N) is 1. The van der Waals surface area contributed by atoms with Crippen LogP contribution < -0.4 is 0 Å². The van der Waals surface area contributed by atoms with Crippen molar-refractivity contribution in [1.82, 2.24) is 9.97 Å². The second kappa shape index (κ2) is 5.76. The van der Waals surface area contributed by atoms with Crippen molar-refractivity contribution in [1.29, 1.82) is 0 Å². The Morgan fingerprint density at radius 2 is 1.57 bits per heavy atom. The predicted molar refractivity (Wildman–Crippen MR) is 81.7 cm³/mol. The molecule has 1 aliphatic rings. The summed E-state index contributed by atoms with van der Waals surface area (Å²) in [6.07, 6.45) is 5.08. The van der Waals surface area contributed by atoms with Crippen LogP contribution in [-0.2, 0) is 0 Å². The number of nitrogens with zero attached hydrogens (tertiary/aromatic N) is 1. The lowest BCUT2D eigenvalue weighted by molar-refractivity contribution is 0.0976. The highest BCUT2D eigenvalue weighted by Gasteiger charge is 2.32. The quantitative estimate of drug-likeness (QED) is 0.432. The Bertz CT molecular complexity index is 868. The van der Waals surface area contributed by atoms with Gasteiger partial charge in [0.05, 0.1) is 11.9 Å². The molecule has 23 heavy (non-hydrogen) atoms. The van der Waals surface area contributed by atoms with E-state index in [9.17, 15) is 19.8 Å². The van der Waals surface area contributed by atoms with Crippen molar-refractivity contribution in [3.63, 3.8) is 0 Å². The van der Waals surface area contributed by atoms with E-state index in [0.717, 1.165) is 0 Å². The summed E-state index contributed by atoms with van der Waals surface area (Å²) in [5, 5.41) is 19.1. The molecular weight excluding hydrogens is 296 g/mol. The van der Waals surface area contributed by atoms with Gasteiger partial charge in [-0.3, -0.25) is 9.59 Å². The number of carbonyl (C=O) groups is 2. The van der Waals surface area contributed by atoms with Crippen molar-refractivity contribution in [3.05, 3.63) is 77.4 Å². The standard InChI is InChI=1S/C14H8O4.C3H4N2/c15-10-6-5-9-11(14(10)18)13(17)8-4-2-1-3-7(8)12(9)16;1-2-5-3-4-1/h1-6,15,18H;1-3H,(H,4,5). The van der Waals surface area contributed by atoms with Crippen LogP contribution >= 0.6 is 0 Å². The monoisotopic (exact) mass is 308 g/mol. The van der Waals surface area contributed by atoms with E-state index >= 15 is 0 Å². The normalized spacial score (nSPS) is 12.0. The molecule has 0 saturated heterocycles. The predicted octanol–water partition coefficient (Wildman–Crippen LogP) is 2.28.